The lowest BCUT2D eigenvalue weighted by Crippen LogP contribution is -2.27. The van der Waals surface area contributed by atoms with Crippen LogP contribution in [-0.4, -0.2) is 39.3 Å². The van der Waals surface area contributed by atoms with Crippen LogP contribution in [0.3, 0.4) is 0 Å². The van der Waals surface area contributed by atoms with Crippen molar-refractivity contribution in [2.24, 2.45) is 5.41 Å². The summed E-state index contributed by atoms with van der Waals surface area (Å²) in [5, 5.41) is 12.0. The number of ether oxygens (including phenoxy) is 1. The number of benzene rings is 1. The minimum Gasteiger partial charge on any atom is -0.381 e. The minimum absolute atomic E-state index is 0.0389. The first-order valence-electron chi connectivity index (χ1n) is 6.29. The molecule has 1 aliphatic rings. The summed E-state index contributed by atoms with van der Waals surface area (Å²) in [4.78, 5) is 0. The highest BCUT2D eigenvalue weighted by atomic mass is 35.5. The third-order valence-corrected chi connectivity index (χ3v) is 4.10. The highest BCUT2D eigenvalue weighted by molar-refractivity contribution is 6.18. The van der Waals surface area contributed by atoms with Gasteiger partial charge in [-0.25, -0.2) is 0 Å². The van der Waals surface area contributed by atoms with Gasteiger partial charge in [0, 0.05) is 24.3 Å². The van der Waals surface area contributed by atoms with Gasteiger partial charge in [0.05, 0.1) is 12.3 Å². The molecule has 0 N–H and O–H groups in total. The van der Waals surface area contributed by atoms with Gasteiger partial charge in [-0.1, -0.05) is 18.2 Å². The van der Waals surface area contributed by atoms with E-state index in [2.05, 4.69) is 15.5 Å². The Morgan fingerprint density at radius 1 is 1.32 bits per heavy atom. The molecule has 1 saturated heterocycles. The van der Waals surface area contributed by atoms with E-state index in [-0.39, 0.29) is 5.41 Å². The molecule has 2 aromatic rings. The Hall–Kier alpha value is -1.46. The summed E-state index contributed by atoms with van der Waals surface area (Å²) in [5.41, 5.74) is 0.925. The summed E-state index contributed by atoms with van der Waals surface area (Å²) in [7, 11) is 0. The molecule has 0 aliphatic carbocycles. The van der Waals surface area contributed by atoms with Gasteiger partial charge < -0.3 is 4.74 Å². The van der Waals surface area contributed by atoms with Crippen LogP contribution in [0.15, 0.2) is 30.3 Å². The molecular formula is C13H15ClN4O. The zero-order chi connectivity index (χ0) is 13.1. The van der Waals surface area contributed by atoms with E-state index < -0.39 is 0 Å². The molecule has 0 amide bonds. The number of aromatic nitrogens is 4. The van der Waals surface area contributed by atoms with Crippen LogP contribution >= 0.6 is 11.6 Å². The first kappa shape index (κ1) is 12.6. The number of alkyl halides is 1. The highest BCUT2D eigenvalue weighted by Crippen LogP contribution is 2.33. The quantitative estimate of drug-likeness (QED) is 0.801. The predicted octanol–water partition coefficient (Wildman–Crippen LogP) is 1.85. The average molecular weight is 279 g/mol. The van der Waals surface area contributed by atoms with Crippen molar-refractivity contribution in [3.8, 4) is 5.69 Å². The minimum atomic E-state index is -0.0389. The molecule has 0 spiro atoms. The van der Waals surface area contributed by atoms with Crippen molar-refractivity contribution in [2.45, 2.75) is 12.8 Å². The van der Waals surface area contributed by atoms with E-state index in [9.17, 15) is 0 Å². The number of tetrazole rings is 1. The van der Waals surface area contributed by atoms with Crippen LogP contribution in [0.2, 0.25) is 0 Å². The van der Waals surface area contributed by atoms with Crippen LogP contribution in [0.25, 0.3) is 5.69 Å². The Morgan fingerprint density at radius 2 is 2.16 bits per heavy atom. The van der Waals surface area contributed by atoms with Crippen LogP contribution in [0.4, 0.5) is 0 Å². The second-order valence-electron chi connectivity index (χ2n) is 4.96. The van der Waals surface area contributed by atoms with Gasteiger partial charge in [0.15, 0.2) is 5.82 Å². The fourth-order valence-electron chi connectivity index (χ4n) is 2.36. The number of para-hydroxylation sites is 1. The van der Waals surface area contributed by atoms with E-state index >= 15 is 0 Å². The Morgan fingerprint density at radius 3 is 2.84 bits per heavy atom. The lowest BCUT2D eigenvalue weighted by atomic mass is 9.85. The van der Waals surface area contributed by atoms with Crippen molar-refractivity contribution in [1.29, 1.82) is 0 Å². The Labute approximate surface area is 116 Å². The summed E-state index contributed by atoms with van der Waals surface area (Å²) in [6, 6.07) is 9.88. The van der Waals surface area contributed by atoms with Crippen LogP contribution in [0.5, 0.6) is 0 Å². The van der Waals surface area contributed by atoms with E-state index in [0.29, 0.717) is 12.5 Å². The van der Waals surface area contributed by atoms with Crippen molar-refractivity contribution in [2.75, 3.05) is 19.1 Å². The third-order valence-electron chi connectivity index (χ3n) is 3.54. The number of hydrogen-bond acceptors (Lipinski definition) is 4. The predicted molar refractivity (Wildman–Crippen MR) is 71.4 cm³/mol. The molecule has 2 heterocycles. The normalized spacial score (nSPS) is 22.8. The highest BCUT2D eigenvalue weighted by Gasteiger charge is 2.36. The van der Waals surface area contributed by atoms with Gasteiger partial charge in [0.2, 0.25) is 0 Å². The maximum atomic E-state index is 6.12. The van der Waals surface area contributed by atoms with Gasteiger partial charge >= 0.3 is 0 Å². The third kappa shape index (κ3) is 2.48. The molecule has 3 rings (SSSR count). The zero-order valence-corrected chi connectivity index (χ0v) is 11.3. The molecular weight excluding hydrogens is 264 g/mol. The average Bonchev–Trinajstić information content (AvgIpc) is 3.10. The topological polar surface area (TPSA) is 52.8 Å². The number of rotatable bonds is 4. The molecule has 1 aromatic heterocycles. The summed E-state index contributed by atoms with van der Waals surface area (Å²) in [6.07, 6.45) is 1.69. The van der Waals surface area contributed by atoms with Gasteiger partial charge in [0.25, 0.3) is 0 Å². The SMILES string of the molecule is ClCC1(Cc2nnnn2-c2ccccc2)CCOC1. The largest absolute Gasteiger partial charge is 0.381 e. The Bertz CT molecular complexity index is 537. The Kier molecular flexibility index (Phi) is 3.48. The monoisotopic (exact) mass is 278 g/mol. The van der Waals surface area contributed by atoms with Gasteiger partial charge in [0.1, 0.15) is 0 Å². The van der Waals surface area contributed by atoms with Crippen molar-refractivity contribution in [3.63, 3.8) is 0 Å². The summed E-state index contributed by atoms with van der Waals surface area (Å²) in [5.74, 6) is 1.40. The second-order valence-corrected chi connectivity index (χ2v) is 5.22. The van der Waals surface area contributed by atoms with Crippen LogP contribution in [0.1, 0.15) is 12.2 Å². The van der Waals surface area contributed by atoms with Gasteiger partial charge in [-0.2, -0.15) is 4.68 Å². The number of nitrogens with zero attached hydrogens (tertiary/aromatic N) is 4. The van der Waals surface area contributed by atoms with Crippen molar-refractivity contribution in [3.05, 3.63) is 36.2 Å². The van der Waals surface area contributed by atoms with E-state index in [4.69, 9.17) is 16.3 Å². The summed E-state index contributed by atoms with van der Waals surface area (Å²) in [6.45, 7) is 1.44. The fourth-order valence-corrected chi connectivity index (χ4v) is 2.67. The smallest absolute Gasteiger partial charge is 0.157 e. The van der Waals surface area contributed by atoms with E-state index in [1.54, 1.807) is 4.68 Å². The van der Waals surface area contributed by atoms with Crippen molar-refractivity contribution >= 4 is 11.6 Å². The van der Waals surface area contributed by atoms with E-state index in [1.807, 2.05) is 30.3 Å². The van der Waals surface area contributed by atoms with Crippen LogP contribution in [-0.2, 0) is 11.2 Å². The van der Waals surface area contributed by atoms with Crippen LogP contribution < -0.4 is 0 Å². The fraction of sp³-hybridized carbons (Fsp3) is 0.462. The van der Waals surface area contributed by atoms with Gasteiger partial charge in [-0.15, -0.1) is 16.7 Å². The molecule has 100 valence electrons. The summed E-state index contributed by atoms with van der Waals surface area (Å²) >= 11 is 6.12. The van der Waals surface area contributed by atoms with E-state index in [0.717, 1.165) is 31.0 Å². The zero-order valence-electron chi connectivity index (χ0n) is 10.5. The molecule has 0 bridgehead atoms. The molecule has 1 aliphatic heterocycles. The van der Waals surface area contributed by atoms with E-state index in [1.165, 1.54) is 0 Å². The molecule has 0 saturated carbocycles. The van der Waals surface area contributed by atoms with Crippen LogP contribution in [0, 0.1) is 5.41 Å². The number of hydrogen-bond donors (Lipinski definition) is 0. The number of halogens is 1. The lowest BCUT2D eigenvalue weighted by Gasteiger charge is -2.23. The maximum Gasteiger partial charge on any atom is 0.157 e. The van der Waals surface area contributed by atoms with Gasteiger partial charge in [-0.3, -0.25) is 0 Å². The first-order chi connectivity index (χ1) is 9.33. The molecule has 19 heavy (non-hydrogen) atoms. The second kappa shape index (κ2) is 5.27. The molecule has 6 heteroatoms. The molecule has 5 nitrogen and oxygen atoms in total. The summed E-state index contributed by atoms with van der Waals surface area (Å²) < 4.78 is 7.25. The Balaban J connectivity index is 1.88. The van der Waals surface area contributed by atoms with Gasteiger partial charge in [-0.05, 0) is 29.0 Å². The van der Waals surface area contributed by atoms with Crippen molar-refractivity contribution in [1.82, 2.24) is 20.2 Å². The molecule has 1 unspecified atom stereocenters. The lowest BCUT2D eigenvalue weighted by molar-refractivity contribution is 0.159. The van der Waals surface area contributed by atoms with Crippen molar-refractivity contribution < 1.29 is 4.74 Å². The standard InChI is InChI=1S/C13H15ClN4O/c14-9-13(6-7-19-10-13)8-12-15-16-17-18(12)11-4-2-1-3-5-11/h1-5H,6-10H2. The first-order valence-corrected chi connectivity index (χ1v) is 6.83. The maximum absolute atomic E-state index is 6.12. The molecule has 1 aromatic carbocycles. The molecule has 1 fully saturated rings. The molecule has 1 atom stereocenters. The molecule has 0 radical (unpaired) electrons.